The molecule has 0 aromatic carbocycles. The van der Waals surface area contributed by atoms with Gasteiger partial charge in [-0.25, -0.2) is 4.39 Å². The summed E-state index contributed by atoms with van der Waals surface area (Å²) in [6.45, 7) is 0. The first-order valence-electron chi connectivity index (χ1n) is 5.49. The minimum Gasteiger partial charge on any atom is -0.481 e. The zero-order valence-corrected chi connectivity index (χ0v) is 8.08. The number of hydrogen-bond donors (Lipinski definition) is 1. The molecule has 0 aromatic rings. The van der Waals surface area contributed by atoms with E-state index in [4.69, 9.17) is 0 Å². The summed E-state index contributed by atoms with van der Waals surface area (Å²) in [5.74, 6) is 0.160. The molecule has 4 saturated carbocycles. The van der Waals surface area contributed by atoms with Crippen molar-refractivity contribution in [1.82, 2.24) is 0 Å². The van der Waals surface area contributed by atoms with Crippen molar-refractivity contribution in [2.45, 2.75) is 38.3 Å². The van der Waals surface area contributed by atoms with Gasteiger partial charge in [0.25, 0.3) is 0 Å². The predicted octanol–water partition coefficient (Wildman–Crippen LogP) is 2.24. The van der Waals surface area contributed by atoms with E-state index in [0.717, 1.165) is 19.3 Å². The first kappa shape index (κ1) is 8.69. The average Bonchev–Trinajstić information content (AvgIpc) is 2.12. The molecule has 0 aliphatic heterocycles. The molecule has 78 valence electrons. The predicted molar refractivity (Wildman–Crippen MR) is 48.5 cm³/mol. The highest BCUT2D eigenvalue weighted by molar-refractivity contribution is 5.76. The lowest BCUT2D eigenvalue weighted by molar-refractivity contribution is -0.179. The summed E-state index contributed by atoms with van der Waals surface area (Å²) >= 11 is 0. The van der Waals surface area contributed by atoms with Crippen molar-refractivity contribution in [3.8, 4) is 0 Å². The van der Waals surface area contributed by atoms with Crippen LogP contribution in [0.1, 0.15) is 32.1 Å². The summed E-state index contributed by atoms with van der Waals surface area (Å²) < 4.78 is 14.0. The summed E-state index contributed by atoms with van der Waals surface area (Å²) in [4.78, 5) is 11.2. The molecule has 0 unspecified atom stereocenters. The minimum atomic E-state index is -1.08. The van der Waals surface area contributed by atoms with Crippen LogP contribution in [0.2, 0.25) is 0 Å². The lowest BCUT2D eigenvalue weighted by Gasteiger charge is -2.56. The average molecular weight is 198 g/mol. The molecular formula is C11H15FO2. The normalized spacial score (nSPS) is 54.9. The smallest absolute Gasteiger partial charge is 0.312 e. The largest absolute Gasteiger partial charge is 0.481 e. The molecule has 4 bridgehead atoms. The Morgan fingerprint density at radius 1 is 1.21 bits per heavy atom. The van der Waals surface area contributed by atoms with E-state index in [1.54, 1.807) is 0 Å². The van der Waals surface area contributed by atoms with Gasteiger partial charge in [0.1, 0.15) is 6.17 Å². The molecular weight excluding hydrogens is 183 g/mol. The Morgan fingerprint density at radius 2 is 1.79 bits per heavy atom. The van der Waals surface area contributed by atoms with Gasteiger partial charge < -0.3 is 5.11 Å². The maximum atomic E-state index is 14.0. The highest BCUT2D eigenvalue weighted by atomic mass is 19.1. The standard InChI is InChI=1S/C11H15FO2/c12-9-8-2-6-1-7(3-8)5-11(9,4-6)10(13)14/h6-9H,1-5H2,(H,13,14)/t6-,7-,8?,9-,11?/m0/s1. The molecule has 0 spiro atoms. The number of halogens is 1. The minimum absolute atomic E-state index is 0.0531. The molecule has 3 heteroatoms. The SMILES string of the molecule is O=C(O)C12C[C@@H]3CC(C[C@H](C3)C1)[C@@H]2F. The van der Waals surface area contributed by atoms with Crippen LogP contribution in [0.4, 0.5) is 4.39 Å². The van der Waals surface area contributed by atoms with Gasteiger partial charge in [-0.3, -0.25) is 4.79 Å². The zero-order valence-electron chi connectivity index (χ0n) is 8.08. The van der Waals surface area contributed by atoms with Crippen LogP contribution in [0.25, 0.3) is 0 Å². The van der Waals surface area contributed by atoms with Gasteiger partial charge in [0.2, 0.25) is 0 Å². The van der Waals surface area contributed by atoms with E-state index in [-0.39, 0.29) is 5.92 Å². The molecule has 0 saturated heterocycles. The van der Waals surface area contributed by atoms with E-state index in [0.29, 0.717) is 24.7 Å². The summed E-state index contributed by atoms with van der Waals surface area (Å²) in [5, 5.41) is 9.21. The van der Waals surface area contributed by atoms with Crippen LogP contribution in [0.3, 0.4) is 0 Å². The molecule has 0 radical (unpaired) electrons. The monoisotopic (exact) mass is 198 g/mol. The Morgan fingerprint density at radius 3 is 2.29 bits per heavy atom. The van der Waals surface area contributed by atoms with E-state index in [1.165, 1.54) is 0 Å². The number of carboxylic acids is 1. The van der Waals surface area contributed by atoms with Crippen LogP contribution in [0.15, 0.2) is 0 Å². The van der Waals surface area contributed by atoms with E-state index >= 15 is 0 Å². The Labute approximate surface area is 82.5 Å². The summed E-state index contributed by atoms with van der Waals surface area (Å²) in [6.07, 6.45) is 3.14. The second-order valence-corrected chi connectivity index (χ2v) is 5.47. The van der Waals surface area contributed by atoms with E-state index in [9.17, 15) is 14.3 Å². The molecule has 3 atom stereocenters. The second-order valence-electron chi connectivity index (χ2n) is 5.47. The maximum Gasteiger partial charge on any atom is 0.312 e. The molecule has 1 N–H and O–H groups in total. The van der Waals surface area contributed by atoms with Gasteiger partial charge in [0, 0.05) is 0 Å². The van der Waals surface area contributed by atoms with Crippen molar-refractivity contribution in [2.75, 3.05) is 0 Å². The lowest BCUT2D eigenvalue weighted by Crippen LogP contribution is -2.57. The number of carboxylic acid groups (broad SMARTS) is 1. The van der Waals surface area contributed by atoms with Crippen molar-refractivity contribution in [2.24, 2.45) is 23.2 Å². The number of alkyl halides is 1. The third-order valence-corrected chi connectivity index (χ3v) is 4.61. The van der Waals surface area contributed by atoms with Crippen LogP contribution in [0, 0.1) is 23.2 Å². The second kappa shape index (κ2) is 2.50. The first-order chi connectivity index (χ1) is 6.62. The molecule has 4 rings (SSSR count). The molecule has 4 aliphatic carbocycles. The number of hydrogen-bond acceptors (Lipinski definition) is 1. The van der Waals surface area contributed by atoms with Crippen molar-refractivity contribution in [3.63, 3.8) is 0 Å². The third kappa shape index (κ3) is 0.882. The summed E-state index contributed by atoms with van der Waals surface area (Å²) in [5.41, 5.74) is -0.991. The van der Waals surface area contributed by atoms with Crippen LogP contribution in [-0.4, -0.2) is 17.2 Å². The number of aliphatic carboxylic acids is 1. The number of rotatable bonds is 1. The molecule has 0 aromatic heterocycles. The van der Waals surface area contributed by atoms with Gasteiger partial charge in [-0.1, -0.05) is 0 Å². The quantitative estimate of drug-likeness (QED) is 0.701. The zero-order chi connectivity index (χ0) is 9.92. The summed E-state index contributed by atoms with van der Waals surface area (Å²) in [7, 11) is 0. The number of carbonyl (C=O) groups is 1. The fourth-order valence-electron chi connectivity index (χ4n) is 4.27. The van der Waals surface area contributed by atoms with Gasteiger partial charge in [-0.05, 0) is 49.9 Å². The van der Waals surface area contributed by atoms with Gasteiger partial charge >= 0.3 is 5.97 Å². The highest BCUT2D eigenvalue weighted by Gasteiger charge is 2.61. The van der Waals surface area contributed by atoms with Crippen LogP contribution in [0.5, 0.6) is 0 Å². The van der Waals surface area contributed by atoms with E-state index in [2.05, 4.69) is 0 Å². The lowest BCUT2D eigenvalue weighted by atomic mass is 9.48. The van der Waals surface area contributed by atoms with E-state index < -0.39 is 17.6 Å². The van der Waals surface area contributed by atoms with Gasteiger partial charge in [0.15, 0.2) is 0 Å². The van der Waals surface area contributed by atoms with Crippen LogP contribution < -0.4 is 0 Å². The van der Waals surface area contributed by atoms with Crippen molar-refractivity contribution in [3.05, 3.63) is 0 Å². The maximum absolute atomic E-state index is 14.0. The molecule has 4 aliphatic rings. The van der Waals surface area contributed by atoms with Gasteiger partial charge in [-0.2, -0.15) is 0 Å². The van der Waals surface area contributed by atoms with Gasteiger partial charge in [0.05, 0.1) is 5.41 Å². The topological polar surface area (TPSA) is 37.3 Å². The van der Waals surface area contributed by atoms with Crippen molar-refractivity contribution < 1.29 is 14.3 Å². The molecule has 0 amide bonds. The third-order valence-electron chi connectivity index (χ3n) is 4.61. The first-order valence-corrected chi connectivity index (χ1v) is 5.49. The fraction of sp³-hybridized carbons (Fsp3) is 0.909. The van der Waals surface area contributed by atoms with Crippen molar-refractivity contribution >= 4 is 5.97 Å². The Hall–Kier alpha value is -0.600. The van der Waals surface area contributed by atoms with Crippen molar-refractivity contribution in [1.29, 1.82) is 0 Å². The van der Waals surface area contributed by atoms with E-state index in [1.807, 2.05) is 0 Å². The molecule has 0 heterocycles. The molecule has 4 fully saturated rings. The van der Waals surface area contributed by atoms with Gasteiger partial charge in [-0.15, -0.1) is 0 Å². The highest BCUT2D eigenvalue weighted by Crippen LogP contribution is 2.61. The summed E-state index contributed by atoms with van der Waals surface area (Å²) in [6, 6.07) is 0. The fourth-order valence-corrected chi connectivity index (χ4v) is 4.27. The Kier molecular flexibility index (Phi) is 1.55. The van der Waals surface area contributed by atoms with Crippen LogP contribution in [-0.2, 0) is 4.79 Å². The molecule has 14 heavy (non-hydrogen) atoms. The Balaban J connectivity index is 2.01. The van der Waals surface area contributed by atoms with Crippen LogP contribution >= 0.6 is 0 Å². The Bertz CT molecular complexity index is 275. The molecule has 2 nitrogen and oxygen atoms in total.